The molecule has 1 aromatic rings. The molecule has 0 aliphatic rings. The zero-order valence-corrected chi connectivity index (χ0v) is 9.13. The lowest BCUT2D eigenvalue weighted by atomic mass is 10.5. The Morgan fingerprint density at radius 3 is 2.70 bits per heavy atom. The Bertz CT molecular complexity index is 258. The molecule has 0 radical (unpaired) electrons. The SMILES string of the molecule is Clc1cc(Cl)c(/C=N/I)s1. The van der Waals surface area contributed by atoms with Gasteiger partial charge in [-0.1, -0.05) is 23.2 Å². The normalized spacial score (nSPS) is 11.1. The van der Waals surface area contributed by atoms with Crippen molar-refractivity contribution in [2.24, 2.45) is 3.21 Å². The van der Waals surface area contributed by atoms with Crippen molar-refractivity contribution in [2.75, 3.05) is 0 Å². The fourth-order valence-electron chi connectivity index (χ4n) is 0.486. The Morgan fingerprint density at radius 2 is 2.30 bits per heavy atom. The molecule has 0 saturated heterocycles. The summed E-state index contributed by atoms with van der Waals surface area (Å²) >= 11 is 14.7. The summed E-state index contributed by atoms with van der Waals surface area (Å²) in [4.78, 5) is 0.904. The first-order chi connectivity index (χ1) is 4.74. The molecule has 10 heavy (non-hydrogen) atoms. The molecule has 1 rings (SSSR count). The van der Waals surface area contributed by atoms with Crippen LogP contribution in [0, 0.1) is 0 Å². The molecule has 0 atom stereocenters. The summed E-state index contributed by atoms with van der Waals surface area (Å²) in [5, 5.41) is 0.662. The van der Waals surface area contributed by atoms with Crippen LogP contribution in [-0.4, -0.2) is 6.21 Å². The molecule has 0 amide bonds. The average molecular weight is 306 g/mol. The molecule has 0 N–H and O–H groups in total. The van der Waals surface area contributed by atoms with E-state index in [-0.39, 0.29) is 0 Å². The van der Waals surface area contributed by atoms with Crippen LogP contribution in [0.2, 0.25) is 9.36 Å². The second kappa shape index (κ2) is 3.90. The Morgan fingerprint density at radius 1 is 1.60 bits per heavy atom. The second-order valence-electron chi connectivity index (χ2n) is 1.49. The third kappa shape index (κ3) is 2.08. The molecule has 0 aliphatic carbocycles. The fraction of sp³-hybridized carbons (Fsp3) is 0. The molecule has 1 aromatic heterocycles. The van der Waals surface area contributed by atoms with Crippen LogP contribution in [-0.2, 0) is 0 Å². The van der Waals surface area contributed by atoms with E-state index in [9.17, 15) is 0 Å². The second-order valence-corrected chi connectivity index (χ2v) is 4.17. The van der Waals surface area contributed by atoms with Crippen LogP contribution in [0.1, 0.15) is 4.88 Å². The highest BCUT2D eigenvalue weighted by Crippen LogP contribution is 2.29. The van der Waals surface area contributed by atoms with E-state index in [1.807, 2.05) is 22.9 Å². The van der Waals surface area contributed by atoms with Crippen LogP contribution in [0.5, 0.6) is 0 Å². The number of hydrogen-bond donors (Lipinski definition) is 0. The van der Waals surface area contributed by atoms with E-state index in [1.54, 1.807) is 12.3 Å². The summed E-state index contributed by atoms with van der Waals surface area (Å²) in [5.74, 6) is 0. The Kier molecular flexibility index (Phi) is 3.42. The van der Waals surface area contributed by atoms with Gasteiger partial charge in [-0.05, 0) is 6.07 Å². The zero-order valence-electron chi connectivity index (χ0n) is 4.64. The molecular formula is C5H2Cl2INS. The molecule has 1 heterocycles. The van der Waals surface area contributed by atoms with Crippen LogP contribution in [0.3, 0.4) is 0 Å². The van der Waals surface area contributed by atoms with Crippen molar-refractivity contribution >= 4 is 63.6 Å². The molecule has 54 valence electrons. The molecular weight excluding hydrogens is 304 g/mol. The van der Waals surface area contributed by atoms with Gasteiger partial charge in [-0.2, -0.15) is 0 Å². The summed E-state index contributed by atoms with van der Waals surface area (Å²) < 4.78 is 4.48. The van der Waals surface area contributed by atoms with Crippen LogP contribution in [0.25, 0.3) is 0 Å². The van der Waals surface area contributed by atoms with Gasteiger partial charge in [0, 0.05) is 0 Å². The lowest BCUT2D eigenvalue weighted by molar-refractivity contribution is 1.94. The highest BCUT2D eigenvalue weighted by atomic mass is 127. The van der Waals surface area contributed by atoms with E-state index in [0.29, 0.717) is 9.36 Å². The molecule has 0 saturated carbocycles. The van der Waals surface area contributed by atoms with Crippen LogP contribution in [0.4, 0.5) is 0 Å². The molecule has 0 bridgehead atoms. The molecule has 0 spiro atoms. The van der Waals surface area contributed by atoms with Gasteiger partial charge in [0.1, 0.15) is 0 Å². The van der Waals surface area contributed by atoms with Gasteiger partial charge in [-0.3, -0.25) is 0 Å². The topological polar surface area (TPSA) is 12.4 Å². The summed E-state index contributed by atoms with van der Waals surface area (Å²) in [5.41, 5.74) is 0. The largest absolute Gasteiger partial charge is 0.222 e. The molecule has 0 aliphatic heterocycles. The lowest BCUT2D eigenvalue weighted by Crippen LogP contribution is -1.68. The van der Waals surface area contributed by atoms with E-state index in [2.05, 4.69) is 3.21 Å². The first-order valence-corrected chi connectivity index (χ1v) is 4.87. The number of halogens is 3. The number of hydrogen-bond acceptors (Lipinski definition) is 2. The lowest BCUT2D eigenvalue weighted by Gasteiger charge is -1.80. The number of rotatable bonds is 1. The van der Waals surface area contributed by atoms with Gasteiger partial charge in [-0.25, -0.2) is 3.21 Å². The van der Waals surface area contributed by atoms with Gasteiger partial charge in [0.15, 0.2) is 0 Å². The van der Waals surface area contributed by atoms with Gasteiger partial charge in [-0.15, -0.1) is 11.3 Å². The van der Waals surface area contributed by atoms with Crippen molar-refractivity contribution in [3.05, 3.63) is 20.3 Å². The van der Waals surface area contributed by atoms with Gasteiger partial charge in [0.2, 0.25) is 0 Å². The maximum absolute atomic E-state index is 5.76. The molecule has 0 fully saturated rings. The van der Waals surface area contributed by atoms with Crippen LogP contribution >= 0.6 is 57.4 Å². The van der Waals surface area contributed by atoms with Crippen LogP contribution < -0.4 is 0 Å². The molecule has 0 aromatic carbocycles. The maximum atomic E-state index is 5.76. The Hall–Kier alpha value is 0.680. The standard InChI is InChI=1S/C5H2Cl2INS/c6-3-1-5(7)10-4(3)2-9-8/h1-2H/b9-2+. The fourth-order valence-corrected chi connectivity index (χ4v) is 2.36. The van der Waals surface area contributed by atoms with Crippen molar-refractivity contribution in [2.45, 2.75) is 0 Å². The molecule has 5 heteroatoms. The monoisotopic (exact) mass is 305 g/mol. The quantitative estimate of drug-likeness (QED) is 0.552. The average Bonchev–Trinajstić information content (AvgIpc) is 2.13. The van der Waals surface area contributed by atoms with E-state index < -0.39 is 0 Å². The third-order valence-electron chi connectivity index (χ3n) is 0.849. The number of nitrogens with zero attached hydrogens (tertiary/aromatic N) is 1. The van der Waals surface area contributed by atoms with Crippen molar-refractivity contribution in [3.63, 3.8) is 0 Å². The minimum absolute atomic E-state index is 0.662. The minimum Gasteiger partial charge on any atom is -0.222 e. The first kappa shape index (κ1) is 8.77. The van der Waals surface area contributed by atoms with Gasteiger partial charge in [0.25, 0.3) is 0 Å². The molecule has 0 unspecified atom stereocenters. The van der Waals surface area contributed by atoms with Crippen molar-refractivity contribution < 1.29 is 0 Å². The van der Waals surface area contributed by atoms with E-state index >= 15 is 0 Å². The van der Waals surface area contributed by atoms with Crippen LogP contribution in [0.15, 0.2) is 9.27 Å². The van der Waals surface area contributed by atoms with Crippen molar-refractivity contribution in [1.82, 2.24) is 0 Å². The summed E-state index contributed by atoms with van der Waals surface area (Å²) in [6.45, 7) is 0. The highest BCUT2D eigenvalue weighted by Gasteiger charge is 2.01. The van der Waals surface area contributed by atoms with Gasteiger partial charge in [0.05, 0.1) is 43.3 Å². The predicted molar refractivity (Wildman–Crippen MR) is 56.0 cm³/mol. The van der Waals surface area contributed by atoms with E-state index in [4.69, 9.17) is 23.2 Å². The maximum Gasteiger partial charge on any atom is 0.0950 e. The molecule has 1 nitrogen and oxygen atoms in total. The summed E-state index contributed by atoms with van der Waals surface area (Å²) in [6, 6.07) is 1.71. The summed E-state index contributed by atoms with van der Waals surface area (Å²) in [6.07, 6.45) is 1.68. The Labute approximate surface area is 86.6 Å². The van der Waals surface area contributed by atoms with E-state index in [1.165, 1.54) is 11.3 Å². The smallest absolute Gasteiger partial charge is 0.0950 e. The minimum atomic E-state index is 0.662. The van der Waals surface area contributed by atoms with Gasteiger partial charge >= 0.3 is 0 Å². The van der Waals surface area contributed by atoms with Crippen molar-refractivity contribution in [1.29, 1.82) is 0 Å². The highest BCUT2D eigenvalue weighted by molar-refractivity contribution is 14.1. The zero-order chi connectivity index (χ0) is 7.56. The van der Waals surface area contributed by atoms with E-state index in [0.717, 1.165) is 4.88 Å². The van der Waals surface area contributed by atoms with Crippen molar-refractivity contribution in [3.8, 4) is 0 Å². The number of thiophene rings is 1. The summed E-state index contributed by atoms with van der Waals surface area (Å²) in [7, 11) is 0. The third-order valence-corrected chi connectivity index (χ3v) is 2.75. The Balaban J connectivity index is 3.03. The predicted octanol–water partition coefficient (Wildman–Crippen LogP) is 3.82. The van der Waals surface area contributed by atoms with Gasteiger partial charge < -0.3 is 0 Å². The first-order valence-electron chi connectivity index (χ1n) is 2.33.